The van der Waals surface area contributed by atoms with Crippen LogP contribution in [0.3, 0.4) is 0 Å². The molecule has 0 atom stereocenters. The fourth-order valence-corrected chi connectivity index (χ4v) is 5.32. The fraction of sp³-hybridized carbons (Fsp3) is 0.273. The SMILES string of the molecule is O=C1/C(=C\c2ccc([N+](=O)[O-])cc2)CN(C(=O)c2ccc(OCCN3CCCCC3)cc2)C/C1=C\c1ccc([N+](=O)[O-])cc1. The third-order valence-electron chi connectivity index (χ3n) is 7.71. The number of benzene rings is 3. The maximum absolute atomic E-state index is 13.6. The molecule has 0 aromatic heterocycles. The molecule has 0 aliphatic carbocycles. The van der Waals surface area contributed by atoms with E-state index in [1.807, 2.05) is 0 Å². The summed E-state index contributed by atoms with van der Waals surface area (Å²) in [6.45, 7) is 3.69. The van der Waals surface area contributed by atoms with E-state index < -0.39 is 9.85 Å². The van der Waals surface area contributed by atoms with E-state index in [1.165, 1.54) is 43.5 Å². The molecule has 11 heteroatoms. The number of amides is 1. The molecule has 5 rings (SSSR count). The van der Waals surface area contributed by atoms with Crippen LogP contribution in [0.4, 0.5) is 11.4 Å². The van der Waals surface area contributed by atoms with Crippen molar-refractivity contribution in [2.45, 2.75) is 19.3 Å². The van der Waals surface area contributed by atoms with Gasteiger partial charge < -0.3 is 9.64 Å². The number of ketones is 1. The number of hydrogen-bond donors (Lipinski definition) is 0. The molecule has 1 amide bonds. The van der Waals surface area contributed by atoms with Crippen molar-refractivity contribution < 1.29 is 24.2 Å². The normalized spacial score (nSPS) is 17.5. The van der Waals surface area contributed by atoms with Crippen molar-refractivity contribution in [1.29, 1.82) is 0 Å². The molecule has 0 radical (unpaired) electrons. The third kappa shape index (κ3) is 7.61. The fourth-order valence-electron chi connectivity index (χ4n) is 5.32. The highest BCUT2D eigenvalue weighted by Crippen LogP contribution is 2.26. The molecule has 226 valence electrons. The Morgan fingerprint density at radius 2 is 1.25 bits per heavy atom. The van der Waals surface area contributed by atoms with Crippen molar-refractivity contribution in [2.24, 2.45) is 0 Å². The van der Waals surface area contributed by atoms with Gasteiger partial charge in [-0.2, -0.15) is 0 Å². The molecule has 0 bridgehead atoms. The van der Waals surface area contributed by atoms with E-state index in [0.29, 0.717) is 40.2 Å². The molecule has 2 fully saturated rings. The molecule has 11 nitrogen and oxygen atoms in total. The van der Waals surface area contributed by atoms with Crippen molar-refractivity contribution in [2.75, 3.05) is 39.3 Å². The predicted molar refractivity (Wildman–Crippen MR) is 165 cm³/mol. The Balaban J connectivity index is 1.35. The van der Waals surface area contributed by atoms with Crippen LogP contribution in [-0.2, 0) is 4.79 Å². The summed E-state index contributed by atoms with van der Waals surface area (Å²) in [7, 11) is 0. The summed E-state index contributed by atoms with van der Waals surface area (Å²) in [5, 5.41) is 22.1. The van der Waals surface area contributed by atoms with Crippen molar-refractivity contribution >= 4 is 35.2 Å². The number of nitrogens with zero attached hydrogens (tertiary/aromatic N) is 4. The van der Waals surface area contributed by atoms with Gasteiger partial charge in [0.1, 0.15) is 12.4 Å². The zero-order chi connectivity index (χ0) is 31.1. The lowest BCUT2D eigenvalue weighted by Gasteiger charge is -2.30. The Morgan fingerprint density at radius 1 is 0.750 bits per heavy atom. The first-order chi connectivity index (χ1) is 21.3. The van der Waals surface area contributed by atoms with Crippen LogP contribution in [0.15, 0.2) is 83.9 Å². The highest BCUT2D eigenvalue weighted by molar-refractivity contribution is 6.15. The van der Waals surface area contributed by atoms with E-state index in [1.54, 1.807) is 65.6 Å². The molecule has 3 aromatic carbocycles. The average molecular weight is 597 g/mol. The molecule has 0 N–H and O–H groups in total. The molecule has 0 saturated carbocycles. The first-order valence-electron chi connectivity index (χ1n) is 14.5. The number of likely N-dealkylation sites (tertiary alicyclic amines) is 2. The molecule has 2 aliphatic rings. The van der Waals surface area contributed by atoms with Crippen LogP contribution in [0.2, 0.25) is 0 Å². The van der Waals surface area contributed by atoms with Crippen LogP contribution in [0.5, 0.6) is 5.75 Å². The largest absolute Gasteiger partial charge is 0.492 e. The lowest BCUT2D eigenvalue weighted by Crippen LogP contribution is -2.41. The Labute approximate surface area is 254 Å². The predicted octanol–water partition coefficient (Wildman–Crippen LogP) is 5.56. The van der Waals surface area contributed by atoms with E-state index in [-0.39, 0.29) is 36.2 Å². The standard InChI is InChI=1S/C33H32N4O7/c38-32-27(20-24-4-10-29(11-5-24)36(40)41)22-35(23-28(32)21-25-6-12-30(13-7-25)37(42)43)33(39)26-8-14-31(15-9-26)44-19-18-34-16-2-1-3-17-34/h4-15,20-21H,1-3,16-19,22-23H2/b27-20-,28-21+. The summed E-state index contributed by atoms with van der Waals surface area (Å²) in [6.07, 6.45) is 6.95. The molecule has 0 unspecified atom stereocenters. The third-order valence-corrected chi connectivity index (χ3v) is 7.71. The zero-order valence-electron chi connectivity index (χ0n) is 24.1. The second-order valence-electron chi connectivity index (χ2n) is 10.8. The van der Waals surface area contributed by atoms with Crippen LogP contribution in [-0.4, -0.2) is 70.7 Å². The van der Waals surface area contributed by atoms with Crippen molar-refractivity contribution in [3.05, 3.63) is 121 Å². The topological polar surface area (TPSA) is 136 Å². The van der Waals surface area contributed by atoms with Crippen molar-refractivity contribution in [3.8, 4) is 5.75 Å². The number of non-ortho nitro benzene ring substituents is 2. The molecule has 2 heterocycles. The van der Waals surface area contributed by atoms with Crippen LogP contribution in [0.1, 0.15) is 40.7 Å². The molecular weight excluding hydrogens is 564 g/mol. The van der Waals surface area contributed by atoms with Gasteiger partial charge in [-0.05, 0) is 97.7 Å². The Morgan fingerprint density at radius 3 is 1.73 bits per heavy atom. The molecule has 44 heavy (non-hydrogen) atoms. The minimum Gasteiger partial charge on any atom is -0.492 e. The van der Waals surface area contributed by atoms with Gasteiger partial charge in [-0.15, -0.1) is 0 Å². The smallest absolute Gasteiger partial charge is 0.269 e. The number of Topliss-reactive ketones (excluding diaryl/α,β-unsaturated/α-hetero) is 1. The van der Waals surface area contributed by atoms with Crippen molar-refractivity contribution in [1.82, 2.24) is 9.80 Å². The van der Waals surface area contributed by atoms with E-state index in [4.69, 9.17) is 4.74 Å². The minimum absolute atomic E-state index is 0.0420. The van der Waals surface area contributed by atoms with Gasteiger partial charge in [-0.1, -0.05) is 6.42 Å². The molecule has 0 spiro atoms. The maximum Gasteiger partial charge on any atom is 0.269 e. The van der Waals surface area contributed by atoms with Gasteiger partial charge in [0.2, 0.25) is 0 Å². The second-order valence-corrected chi connectivity index (χ2v) is 10.8. The minimum atomic E-state index is -0.501. The summed E-state index contributed by atoms with van der Waals surface area (Å²) in [4.78, 5) is 52.2. The van der Waals surface area contributed by atoms with Gasteiger partial charge in [0.05, 0.1) is 22.9 Å². The average Bonchev–Trinajstić information content (AvgIpc) is 3.04. The quantitative estimate of drug-likeness (QED) is 0.178. The number of rotatable bonds is 9. The Kier molecular flexibility index (Phi) is 9.56. The van der Waals surface area contributed by atoms with Crippen LogP contribution in [0.25, 0.3) is 12.2 Å². The molecule has 2 aliphatic heterocycles. The van der Waals surface area contributed by atoms with Gasteiger partial charge in [0.25, 0.3) is 17.3 Å². The number of nitro groups is 2. The van der Waals surface area contributed by atoms with E-state index in [9.17, 15) is 29.8 Å². The first-order valence-corrected chi connectivity index (χ1v) is 14.5. The summed E-state index contributed by atoms with van der Waals surface area (Å²) >= 11 is 0. The van der Waals surface area contributed by atoms with Gasteiger partial charge >= 0.3 is 0 Å². The molecular formula is C33H32N4O7. The van der Waals surface area contributed by atoms with Crippen molar-refractivity contribution in [3.63, 3.8) is 0 Å². The van der Waals surface area contributed by atoms with Crippen LogP contribution < -0.4 is 4.74 Å². The van der Waals surface area contributed by atoms with Crippen LogP contribution >= 0.6 is 0 Å². The highest BCUT2D eigenvalue weighted by Gasteiger charge is 2.30. The zero-order valence-corrected chi connectivity index (χ0v) is 24.1. The number of ether oxygens (including phenoxy) is 1. The second kappa shape index (κ2) is 13.9. The lowest BCUT2D eigenvalue weighted by molar-refractivity contribution is -0.385. The Hall–Kier alpha value is -5.16. The molecule has 2 saturated heterocycles. The van der Waals surface area contributed by atoms with Gasteiger partial charge in [-0.3, -0.25) is 34.7 Å². The maximum atomic E-state index is 13.6. The summed E-state index contributed by atoms with van der Waals surface area (Å²) in [6, 6.07) is 18.5. The number of nitro benzene ring substituents is 2. The van der Waals surface area contributed by atoms with Gasteiger partial charge in [-0.25, -0.2) is 0 Å². The van der Waals surface area contributed by atoms with Gasteiger partial charge in [0.15, 0.2) is 5.78 Å². The van der Waals surface area contributed by atoms with E-state index >= 15 is 0 Å². The lowest BCUT2D eigenvalue weighted by atomic mass is 9.93. The number of piperidine rings is 2. The van der Waals surface area contributed by atoms with E-state index in [2.05, 4.69) is 4.90 Å². The summed E-state index contributed by atoms with van der Waals surface area (Å²) in [5.41, 5.74) is 2.12. The molecule has 3 aromatic rings. The number of carbonyl (C=O) groups excluding carboxylic acids is 2. The van der Waals surface area contributed by atoms with Gasteiger partial charge in [0, 0.05) is 47.5 Å². The summed E-state index contributed by atoms with van der Waals surface area (Å²) < 4.78 is 5.90. The highest BCUT2D eigenvalue weighted by atomic mass is 16.6. The van der Waals surface area contributed by atoms with E-state index in [0.717, 1.165) is 19.6 Å². The summed E-state index contributed by atoms with van der Waals surface area (Å²) in [5.74, 6) is 0.120. The number of carbonyl (C=O) groups is 2. The number of hydrogen-bond acceptors (Lipinski definition) is 8. The first kappa shape index (κ1) is 30.3. The van der Waals surface area contributed by atoms with Crippen LogP contribution in [0, 0.1) is 20.2 Å². The monoisotopic (exact) mass is 596 g/mol. The Bertz CT molecular complexity index is 1510.